The van der Waals surface area contributed by atoms with Gasteiger partial charge in [0, 0.05) is 20.5 Å². The molecule has 0 aromatic rings. The molecule has 2 nitrogen and oxygen atoms in total. The maximum Gasteiger partial charge on any atom is 0.219 e. The van der Waals surface area contributed by atoms with Gasteiger partial charge in [0.05, 0.1) is 0 Å². The zero-order valence-electron chi connectivity index (χ0n) is 11.0. The molecule has 0 radical (unpaired) electrons. The van der Waals surface area contributed by atoms with Gasteiger partial charge in [-0.1, -0.05) is 40.0 Å². The number of amides is 1. The molecule has 1 amide bonds. The van der Waals surface area contributed by atoms with Gasteiger partial charge in [-0.3, -0.25) is 4.79 Å². The molecule has 0 saturated heterocycles. The van der Waals surface area contributed by atoms with Crippen molar-refractivity contribution in [3.05, 3.63) is 0 Å². The van der Waals surface area contributed by atoms with E-state index in [0.29, 0.717) is 0 Å². The van der Waals surface area contributed by atoms with Gasteiger partial charge >= 0.3 is 0 Å². The van der Waals surface area contributed by atoms with E-state index < -0.39 is 0 Å². The second-order valence-corrected chi connectivity index (χ2v) is 5.16. The highest BCUT2D eigenvalue weighted by atomic mass is 16.2. The van der Waals surface area contributed by atoms with Crippen LogP contribution in [0.25, 0.3) is 0 Å². The molecule has 90 valence electrons. The van der Waals surface area contributed by atoms with Crippen molar-refractivity contribution in [3.63, 3.8) is 0 Å². The van der Waals surface area contributed by atoms with E-state index in [1.165, 1.54) is 19.3 Å². The van der Waals surface area contributed by atoms with Crippen LogP contribution in [0.15, 0.2) is 0 Å². The average Bonchev–Trinajstić information content (AvgIpc) is 2.13. The normalized spacial score (nSPS) is 12.9. The van der Waals surface area contributed by atoms with E-state index in [-0.39, 0.29) is 5.91 Å². The Morgan fingerprint density at radius 2 is 1.73 bits per heavy atom. The van der Waals surface area contributed by atoms with Gasteiger partial charge in [-0.15, -0.1) is 0 Å². The van der Waals surface area contributed by atoms with Crippen LogP contribution < -0.4 is 0 Å². The molecule has 0 saturated carbocycles. The fraction of sp³-hybridized carbons (Fsp3) is 0.923. The Morgan fingerprint density at radius 3 is 2.20 bits per heavy atom. The van der Waals surface area contributed by atoms with Gasteiger partial charge in [0.1, 0.15) is 0 Å². The Hall–Kier alpha value is -0.530. The molecule has 1 atom stereocenters. The molecule has 0 aromatic carbocycles. The molecule has 0 aliphatic carbocycles. The summed E-state index contributed by atoms with van der Waals surface area (Å²) in [5.41, 5.74) is 0. The van der Waals surface area contributed by atoms with E-state index in [4.69, 9.17) is 0 Å². The quantitative estimate of drug-likeness (QED) is 0.635. The monoisotopic (exact) mass is 213 g/mol. The fourth-order valence-corrected chi connectivity index (χ4v) is 1.59. The lowest BCUT2D eigenvalue weighted by Gasteiger charge is -2.18. The number of rotatable bonds is 7. The first-order chi connectivity index (χ1) is 6.93. The summed E-state index contributed by atoms with van der Waals surface area (Å²) in [4.78, 5) is 12.8. The maximum absolute atomic E-state index is 11.0. The minimum absolute atomic E-state index is 0.171. The minimum Gasteiger partial charge on any atom is -0.346 e. The summed E-state index contributed by atoms with van der Waals surface area (Å²) in [6.07, 6.45) is 5.08. The molecule has 0 aliphatic rings. The second-order valence-electron chi connectivity index (χ2n) is 5.16. The Labute approximate surface area is 95.0 Å². The van der Waals surface area contributed by atoms with Crippen molar-refractivity contribution in [2.24, 2.45) is 11.8 Å². The summed E-state index contributed by atoms with van der Waals surface area (Å²) in [6, 6.07) is 0. The van der Waals surface area contributed by atoms with Crippen molar-refractivity contribution in [2.45, 2.75) is 53.4 Å². The lowest BCUT2D eigenvalue weighted by Crippen LogP contribution is -2.26. The summed E-state index contributed by atoms with van der Waals surface area (Å²) in [5, 5.41) is 0. The third kappa shape index (κ3) is 8.46. The molecule has 0 bridgehead atoms. The van der Waals surface area contributed by atoms with Gasteiger partial charge in [-0.2, -0.15) is 0 Å². The summed E-state index contributed by atoms with van der Waals surface area (Å²) in [6.45, 7) is 9.36. The topological polar surface area (TPSA) is 20.3 Å². The van der Waals surface area contributed by atoms with Crippen LogP contribution in [0.4, 0.5) is 0 Å². The minimum atomic E-state index is 0.171. The molecular weight excluding hydrogens is 186 g/mol. The standard InChI is InChI=1S/C13H27NO/c1-11(2)7-6-8-12(3)9-10-14(5)13(4)15/h11-12H,6-10H2,1-5H3. The van der Waals surface area contributed by atoms with E-state index >= 15 is 0 Å². The largest absolute Gasteiger partial charge is 0.346 e. The Morgan fingerprint density at radius 1 is 1.13 bits per heavy atom. The van der Waals surface area contributed by atoms with Crippen LogP contribution in [-0.2, 0) is 4.79 Å². The molecule has 0 N–H and O–H groups in total. The predicted molar refractivity (Wildman–Crippen MR) is 65.8 cm³/mol. The lowest BCUT2D eigenvalue weighted by molar-refractivity contribution is -0.127. The van der Waals surface area contributed by atoms with Crippen LogP contribution in [0.5, 0.6) is 0 Å². The summed E-state index contributed by atoms with van der Waals surface area (Å²) in [7, 11) is 1.88. The molecule has 0 aromatic heterocycles. The highest BCUT2D eigenvalue weighted by molar-refractivity contribution is 5.72. The molecule has 0 heterocycles. The predicted octanol–water partition coefficient (Wildman–Crippen LogP) is 3.32. The van der Waals surface area contributed by atoms with Gasteiger partial charge in [-0.05, 0) is 18.3 Å². The SMILES string of the molecule is CC(=O)N(C)CCC(C)CCCC(C)C. The zero-order chi connectivity index (χ0) is 11.8. The van der Waals surface area contributed by atoms with Crippen LogP contribution in [0.2, 0.25) is 0 Å². The second kappa shape index (κ2) is 7.72. The Balaban J connectivity index is 3.48. The summed E-state index contributed by atoms with van der Waals surface area (Å²) >= 11 is 0. The highest BCUT2D eigenvalue weighted by Crippen LogP contribution is 2.15. The molecular formula is C13H27NO. The number of hydrogen-bond donors (Lipinski definition) is 0. The zero-order valence-corrected chi connectivity index (χ0v) is 11.0. The molecule has 2 heteroatoms. The van der Waals surface area contributed by atoms with E-state index in [2.05, 4.69) is 20.8 Å². The Kier molecular flexibility index (Phi) is 7.45. The van der Waals surface area contributed by atoms with E-state index in [9.17, 15) is 4.79 Å². The smallest absolute Gasteiger partial charge is 0.219 e. The molecule has 0 spiro atoms. The van der Waals surface area contributed by atoms with E-state index in [0.717, 1.165) is 24.8 Å². The molecule has 1 unspecified atom stereocenters. The molecule has 15 heavy (non-hydrogen) atoms. The first kappa shape index (κ1) is 14.5. The number of carbonyl (C=O) groups is 1. The summed E-state index contributed by atoms with van der Waals surface area (Å²) in [5.74, 6) is 1.73. The van der Waals surface area contributed by atoms with Crippen LogP contribution in [0.1, 0.15) is 53.4 Å². The molecule has 0 aliphatic heterocycles. The molecule has 0 fully saturated rings. The maximum atomic E-state index is 11.0. The van der Waals surface area contributed by atoms with Gasteiger partial charge in [0.25, 0.3) is 0 Å². The Bertz CT molecular complexity index is 177. The first-order valence-corrected chi connectivity index (χ1v) is 6.15. The van der Waals surface area contributed by atoms with Crippen LogP contribution in [-0.4, -0.2) is 24.4 Å². The third-order valence-electron chi connectivity index (χ3n) is 2.97. The van der Waals surface area contributed by atoms with Gasteiger partial charge in [0.15, 0.2) is 0 Å². The van der Waals surface area contributed by atoms with Crippen LogP contribution in [0.3, 0.4) is 0 Å². The van der Waals surface area contributed by atoms with Crippen molar-refractivity contribution >= 4 is 5.91 Å². The van der Waals surface area contributed by atoms with Gasteiger partial charge in [-0.25, -0.2) is 0 Å². The van der Waals surface area contributed by atoms with E-state index in [1.807, 2.05) is 7.05 Å². The van der Waals surface area contributed by atoms with Crippen molar-refractivity contribution < 1.29 is 4.79 Å². The third-order valence-corrected chi connectivity index (χ3v) is 2.97. The summed E-state index contributed by atoms with van der Waals surface area (Å²) < 4.78 is 0. The van der Waals surface area contributed by atoms with Gasteiger partial charge in [0.2, 0.25) is 5.91 Å². The average molecular weight is 213 g/mol. The van der Waals surface area contributed by atoms with Crippen molar-refractivity contribution in [3.8, 4) is 0 Å². The van der Waals surface area contributed by atoms with Crippen molar-refractivity contribution in [2.75, 3.05) is 13.6 Å². The lowest BCUT2D eigenvalue weighted by atomic mass is 9.97. The fourth-order valence-electron chi connectivity index (χ4n) is 1.59. The van der Waals surface area contributed by atoms with Crippen molar-refractivity contribution in [1.82, 2.24) is 4.90 Å². The molecule has 0 rings (SSSR count). The van der Waals surface area contributed by atoms with E-state index in [1.54, 1.807) is 11.8 Å². The van der Waals surface area contributed by atoms with Gasteiger partial charge < -0.3 is 4.90 Å². The van der Waals surface area contributed by atoms with Crippen LogP contribution >= 0.6 is 0 Å². The van der Waals surface area contributed by atoms with Crippen LogP contribution in [0, 0.1) is 11.8 Å². The number of carbonyl (C=O) groups excluding carboxylic acids is 1. The highest BCUT2D eigenvalue weighted by Gasteiger charge is 2.06. The number of hydrogen-bond acceptors (Lipinski definition) is 1. The first-order valence-electron chi connectivity index (χ1n) is 6.15. The number of nitrogens with zero attached hydrogens (tertiary/aromatic N) is 1. The van der Waals surface area contributed by atoms with Crippen molar-refractivity contribution in [1.29, 1.82) is 0 Å².